The Kier molecular flexibility index (Phi) is 7.22. The zero-order valence-corrected chi connectivity index (χ0v) is 17.0. The molecular formula is C19H22O7S2. The van der Waals surface area contributed by atoms with Gasteiger partial charge < -0.3 is 9.47 Å². The molecular weight excluding hydrogens is 404 g/mol. The summed E-state index contributed by atoms with van der Waals surface area (Å²) in [6.45, 7) is 5.39. The summed E-state index contributed by atoms with van der Waals surface area (Å²) < 4.78 is 66.7. The second-order valence-corrected chi connectivity index (χ2v) is 9.17. The lowest BCUT2D eigenvalue weighted by Gasteiger charge is -2.12. The Morgan fingerprint density at radius 2 is 1.64 bits per heavy atom. The minimum Gasteiger partial charge on any atom is -0.490 e. The van der Waals surface area contributed by atoms with Gasteiger partial charge in [0.25, 0.3) is 10.1 Å². The number of rotatable bonds is 10. The number of aryl methyl sites for hydroxylation is 1. The highest BCUT2D eigenvalue weighted by atomic mass is 32.2. The largest absolute Gasteiger partial charge is 0.490 e. The van der Waals surface area contributed by atoms with Crippen LogP contribution in [-0.2, 0) is 26.4 Å². The van der Waals surface area contributed by atoms with Gasteiger partial charge in [0.15, 0.2) is 9.84 Å². The van der Waals surface area contributed by atoms with Crippen molar-refractivity contribution in [1.29, 1.82) is 0 Å². The van der Waals surface area contributed by atoms with Crippen LogP contribution in [0.1, 0.15) is 18.9 Å². The summed E-state index contributed by atoms with van der Waals surface area (Å²) in [5.41, 5.74) is 0.893. The van der Waals surface area contributed by atoms with Crippen molar-refractivity contribution >= 4 is 20.0 Å². The van der Waals surface area contributed by atoms with Crippen LogP contribution in [0.5, 0.6) is 11.5 Å². The van der Waals surface area contributed by atoms with Gasteiger partial charge in [0, 0.05) is 5.41 Å². The smallest absolute Gasteiger partial charge is 0.298 e. The van der Waals surface area contributed by atoms with Crippen LogP contribution in [0.25, 0.3) is 0 Å². The molecule has 2 aromatic carbocycles. The highest BCUT2D eigenvalue weighted by Crippen LogP contribution is 2.26. The van der Waals surface area contributed by atoms with Gasteiger partial charge in [-0.2, -0.15) is 8.42 Å². The van der Waals surface area contributed by atoms with E-state index in [1.807, 2.05) is 6.92 Å². The number of benzene rings is 2. The summed E-state index contributed by atoms with van der Waals surface area (Å²) >= 11 is 0. The number of hydrogen-bond acceptors (Lipinski definition) is 6. The quantitative estimate of drug-likeness (QED) is 0.459. The molecule has 28 heavy (non-hydrogen) atoms. The SMILES string of the molecule is C=CS(=O)(=O)c1ccc(OCCOc2cc(CCC)ccc2S(=O)(=O)O)cc1. The third-order valence-electron chi connectivity index (χ3n) is 3.81. The highest BCUT2D eigenvalue weighted by molar-refractivity contribution is 7.94. The first-order valence-corrected chi connectivity index (χ1v) is 11.5. The fourth-order valence-corrected chi connectivity index (χ4v) is 3.78. The van der Waals surface area contributed by atoms with E-state index in [4.69, 9.17) is 9.47 Å². The van der Waals surface area contributed by atoms with E-state index in [1.54, 1.807) is 12.1 Å². The first-order chi connectivity index (χ1) is 13.2. The average Bonchev–Trinajstić information content (AvgIpc) is 2.65. The summed E-state index contributed by atoms with van der Waals surface area (Å²) in [6.07, 6.45) is 1.63. The van der Waals surface area contributed by atoms with Crippen LogP contribution in [-0.4, -0.2) is 34.6 Å². The van der Waals surface area contributed by atoms with Crippen LogP contribution in [0, 0.1) is 0 Å². The van der Waals surface area contributed by atoms with E-state index >= 15 is 0 Å². The normalized spacial score (nSPS) is 11.8. The van der Waals surface area contributed by atoms with Gasteiger partial charge in [-0.15, -0.1) is 0 Å². The minimum atomic E-state index is -4.41. The van der Waals surface area contributed by atoms with Gasteiger partial charge in [-0.05, 0) is 48.4 Å². The summed E-state index contributed by atoms with van der Waals surface area (Å²) in [7, 11) is -7.91. The highest BCUT2D eigenvalue weighted by Gasteiger charge is 2.17. The summed E-state index contributed by atoms with van der Waals surface area (Å²) in [4.78, 5) is -0.192. The Balaban J connectivity index is 2.01. The Morgan fingerprint density at radius 3 is 2.21 bits per heavy atom. The standard InChI is InChI=1S/C19H22O7S2/c1-3-5-15-6-11-19(28(22,23)24)18(14-15)26-13-12-25-16-7-9-17(10-8-16)27(20,21)4-2/h4,6-11,14H,2-3,5,12-13H2,1H3,(H,22,23,24). The van der Waals surface area contributed by atoms with Gasteiger partial charge in [-0.1, -0.05) is 26.0 Å². The van der Waals surface area contributed by atoms with Crippen molar-refractivity contribution in [3.05, 3.63) is 60.0 Å². The molecule has 0 aliphatic rings. The zero-order valence-electron chi connectivity index (χ0n) is 15.4. The average molecular weight is 427 g/mol. The maximum absolute atomic E-state index is 11.7. The molecule has 0 aliphatic heterocycles. The van der Waals surface area contributed by atoms with Gasteiger partial charge in [-0.3, -0.25) is 4.55 Å². The Morgan fingerprint density at radius 1 is 1.00 bits per heavy atom. The zero-order chi connectivity index (χ0) is 20.8. The maximum atomic E-state index is 11.7. The van der Waals surface area contributed by atoms with Crippen molar-refractivity contribution in [2.24, 2.45) is 0 Å². The predicted octanol–water partition coefficient (Wildman–Crippen LogP) is 3.26. The third kappa shape index (κ3) is 5.82. The van der Waals surface area contributed by atoms with Crippen LogP contribution >= 0.6 is 0 Å². The molecule has 0 saturated carbocycles. The van der Waals surface area contributed by atoms with Crippen LogP contribution in [0.3, 0.4) is 0 Å². The molecule has 152 valence electrons. The lowest BCUT2D eigenvalue weighted by molar-refractivity contribution is 0.213. The van der Waals surface area contributed by atoms with Crippen molar-refractivity contribution in [2.45, 2.75) is 29.6 Å². The van der Waals surface area contributed by atoms with Crippen molar-refractivity contribution in [2.75, 3.05) is 13.2 Å². The molecule has 1 N–H and O–H groups in total. The monoisotopic (exact) mass is 426 g/mol. The third-order valence-corrected chi connectivity index (χ3v) is 6.07. The molecule has 0 saturated heterocycles. The predicted molar refractivity (Wildman–Crippen MR) is 105 cm³/mol. The molecule has 2 rings (SSSR count). The molecule has 0 atom stereocenters. The van der Waals surface area contributed by atoms with E-state index in [1.165, 1.54) is 30.3 Å². The van der Waals surface area contributed by atoms with Gasteiger partial charge in [0.05, 0.1) is 4.90 Å². The Bertz CT molecular complexity index is 1020. The minimum absolute atomic E-state index is 0.0325. The van der Waals surface area contributed by atoms with E-state index in [0.717, 1.165) is 23.8 Å². The molecule has 0 bridgehead atoms. The number of ether oxygens (including phenoxy) is 2. The molecule has 9 heteroatoms. The molecule has 0 aliphatic carbocycles. The Hall–Kier alpha value is -2.36. The van der Waals surface area contributed by atoms with Crippen LogP contribution in [0.15, 0.2) is 64.2 Å². The lowest BCUT2D eigenvalue weighted by Crippen LogP contribution is -2.11. The van der Waals surface area contributed by atoms with Crippen molar-refractivity contribution < 1.29 is 30.9 Å². The molecule has 0 heterocycles. The molecule has 0 unspecified atom stereocenters. The summed E-state index contributed by atoms with van der Waals surface area (Å²) in [5.74, 6) is 0.492. The lowest BCUT2D eigenvalue weighted by atomic mass is 10.1. The van der Waals surface area contributed by atoms with E-state index < -0.39 is 20.0 Å². The summed E-state index contributed by atoms with van der Waals surface area (Å²) in [5, 5.41) is 0.871. The maximum Gasteiger partial charge on any atom is 0.298 e. The molecule has 0 amide bonds. The number of sulfone groups is 1. The van der Waals surface area contributed by atoms with Crippen LogP contribution < -0.4 is 9.47 Å². The van der Waals surface area contributed by atoms with Crippen LogP contribution in [0.4, 0.5) is 0 Å². The van der Waals surface area contributed by atoms with Gasteiger partial charge in [0.1, 0.15) is 29.6 Å². The topological polar surface area (TPSA) is 107 Å². The molecule has 0 radical (unpaired) electrons. The van der Waals surface area contributed by atoms with Crippen molar-refractivity contribution in [3.63, 3.8) is 0 Å². The van der Waals surface area contributed by atoms with E-state index in [0.29, 0.717) is 5.75 Å². The second-order valence-electron chi connectivity index (χ2n) is 5.89. The van der Waals surface area contributed by atoms with Gasteiger partial charge in [0.2, 0.25) is 0 Å². The van der Waals surface area contributed by atoms with E-state index in [9.17, 15) is 21.4 Å². The second kappa shape index (κ2) is 9.22. The molecule has 2 aromatic rings. The van der Waals surface area contributed by atoms with E-state index in [2.05, 4.69) is 6.58 Å². The molecule has 0 aromatic heterocycles. The van der Waals surface area contributed by atoms with Gasteiger partial charge >= 0.3 is 0 Å². The van der Waals surface area contributed by atoms with Crippen LogP contribution in [0.2, 0.25) is 0 Å². The van der Waals surface area contributed by atoms with E-state index in [-0.39, 0.29) is 28.8 Å². The first-order valence-electron chi connectivity index (χ1n) is 8.51. The summed E-state index contributed by atoms with van der Waals surface area (Å²) in [6, 6.07) is 10.3. The van der Waals surface area contributed by atoms with Gasteiger partial charge in [-0.25, -0.2) is 8.42 Å². The van der Waals surface area contributed by atoms with Crippen molar-refractivity contribution in [3.8, 4) is 11.5 Å². The van der Waals surface area contributed by atoms with Crippen molar-refractivity contribution in [1.82, 2.24) is 0 Å². The molecule has 0 spiro atoms. The molecule has 0 fully saturated rings. The molecule has 7 nitrogen and oxygen atoms in total. The fraction of sp³-hybridized carbons (Fsp3) is 0.263. The Labute approximate surface area is 165 Å². The number of hydrogen-bond donors (Lipinski definition) is 1. The first kappa shape index (κ1) is 21.9. The fourth-order valence-electron chi connectivity index (χ4n) is 2.46.